The van der Waals surface area contributed by atoms with Crippen molar-refractivity contribution in [3.05, 3.63) is 29.8 Å². The van der Waals surface area contributed by atoms with Gasteiger partial charge in [0, 0.05) is 13.1 Å². The maximum atomic E-state index is 12.7. The average molecular weight is 296 g/mol. The van der Waals surface area contributed by atoms with Crippen LogP contribution < -0.4 is 5.32 Å². The first-order valence-corrected chi connectivity index (χ1v) is 8.64. The van der Waals surface area contributed by atoms with Gasteiger partial charge in [-0.05, 0) is 49.5 Å². The van der Waals surface area contributed by atoms with Gasteiger partial charge in [0.2, 0.25) is 10.0 Å². The lowest BCUT2D eigenvalue weighted by Crippen LogP contribution is -2.30. The van der Waals surface area contributed by atoms with Crippen LogP contribution >= 0.6 is 0 Å². The first-order valence-electron chi connectivity index (χ1n) is 7.20. The topological polar surface area (TPSA) is 49.4 Å². The Hall–Kier alpha value is -0.910. The molecule has 0 aliphatic carbocycles. The molecule has 2 rings (SSSR count). The zero-order valence-corrected chi connectivity index (χ0v) is 13.3. The molecule has 0 bridgehead atoms. The van der Waals surface area contributed by atoms with E-state index in [0.717, 1.165) is 18.5 Å². The van der Waals surface area contributed by atoms with Gasteiger partial charge in [0.15, 0.2) is 0 Å². The van der Waals surface area contributed by atoms with Crippen LogP contribution in [0.3, 0.4) is 0 Å². The van der Waals surface area contributed by atoms with Crippen LogP contribution in [0.5, 0.6) is 0 Å². The molecule has 1 aliphatic rings. The second-order valence-electron chi connectivity index (χ2n) is 5.80. The third-order valence-electron chi connectivity index (χ3n) is 3.90. The number of hydrogen-bond acceptors (Lipinski definition) is 3. The van der Waals surface area contributed by atoms with Gasteiger partial charge in [0.1, 0.15) is 0 Å². The smallest absolute Gasteiger partial charge is 0.243 e. The van der Waals surface area contributed by atoms with E-state index in [0.29, 0.717) is 29.8 Å². The van der Waals surface area contributed by atoms with E-state index in [-0.39, 0.29) is 0 Å². The highest BCUT2D eigenvalue weighted by molar-refractivity contribution is 7.89. The molecule has 0 radical (unpaired) electrons. The van der Waals surface area contributed by atoms with Crippen LogP contribution in [0.25, 0.3) is 0 Å². The molecule has 1 saturated heterocycles. The molecule has 1 atom stereocenters. The Morgan fingerprint density at radius 1 is 1.40 bits per heavy atom. The summed E-state index contributed by atoms with van der Waals surface area (Å²) in [5, 5.41) is 3.12. The minimum absolute atomic E-state index is 0.334. The van der Waals surface area contributed by atoms with Crippen molar-refractivity contribution in [2.24, 2.45) is 5.92 Å². The van der Waals surface area contributed by atoms with Crippen LogP contribution in [0.2, 0.25) is 0 Å². The molecule has 1 aromatic carbocycles. The average Bonchev–Trinajstić information content (AvgIpc) is 2.88. The van der Waals surface area contributed by atoms with Crippen molar-refractivity contribution in [3.63, 3.8) is 0 Å². The van der Waals surface area contributed by atoms with E-state index in [4.69, 9.17) is 0 Å². The highest BCUT2D eigenvalue weighted by Crippen LogP contribution is 2.26. The van der Waals surface area contributed by atoms with Crippen molar-refractivity contribution in [3.8, 4) is 0 Å². The van der Waals surface area contributed by atoms with E-state index in [1.807, 2.05) is 25.2 Å². The molecular weight excluding hydrogens is 272 g/mol. The summed E-state index contributed by atoms with van der Waals surface area (Å²) in [7, 11) is -1.43. The van der Waals surface area contributed by atoms with Gasteiger partial charge < -0.3 is 5.32 Å². The van der Waals surface area contributed by atoms with Gasteiger partial charge in [-0.1, -0.05) is 26.0 Å². The van der Waals surface area contributed by atoms with Crippen molar-refractivity contribution in [2.45, 2.75) is 31.1 Å². The van der Waals surface area contributed by atoms with Crippen LogP contribution in [0.1, 0.15) is 31.7 Å². The summed E-state index contributed by atoms with van der Waals surface area (Å²) in [6.07, 6.45) is 0.934. The fourth-order valence-electron chi connectivity index (χ4n) is 2.65. The quantitative estimate of drug-likeness (QED) is 0.904. The summed E-state index contributed by atoms with van der Waals surface area (Å²) in [6.45, 7) is 6.27. The molecule has 4 nitrogen and oxygen atoms in total. The zero-order chi connectivity index (χ0) is 14.8. The molecule has 1 aromatic rings. The Bertz CT molecular complexity index is 555. The van der Waals surface area contributed by atoms with Crippen molar-refractivity contribution >= 4 is 10.0 Å². The van der Waals surface area contributed by atoms with Gasteiger partial charge in [-0.25, -0.2) is 8.42 Å². The van der Waals surface area contributed by atoms with Crippen molar-refractivity contribution in [2.75, 3.05) is 26.7 Å². The van der Waals surface area contributed by atoms with Gasteiger partial charge in [-0.15, -0.1) is 0 Å². The standard InChI is InChI=1S/C15H24N2O2S/c1-12(2)14-5-4-6-15(9-14)20(18,19)17-8-7-13(11-17)10-16-3/h4-6,9,12-13,16H,7-8,10-11H2,1-3H3. The summed E-state index contributed by atoms with van der Waals surface area (Å²) in [4.78, 5) is 0.425. The number of benzene rings is 1. The minimum atomic E-state index is -3.34. The largest absolute Gasteiger partial charge is 0.319 e. The van der Waals surface area contributed by atoms with E-state index in [2.05, 4.69) is 19.2 Å². The molecule has 20 heavy (non-hydrogen) atoms. The molecule has 0 saturated carbocycles. The number of rotatable bonds is 5. The third kappa shape index (κ3) is 3.22. The Labute approximate surface area is 122 Å². The van der Waals surface area contributed by atoms with E-state index in [9.17, 15) is 8.42 Å². The lowest BCUT2D eigenvalue weighted by atomic mass is 10.0. The number of nitrogens with zero attached hydrogens (tertiary/aromatic N) is 1. The highest BCUT2D eigenvalue weighted by atomic mass is 32.2. The fourth-order valence-corrected chi connectivity index (χ4v) is 4.24. The third-order valence-corrected chi connectivity index (χ3v) is 5.77. The van der Waals surface area contributed by atoms with Crippen molar-refractivity contribution in [1.29, 1.82) is 0 Å². The summed E-state index contributed by atoms with van der Waals surface area (Å²) < 4.78 is 26.9. The first kappa shape index (κ1) is 15.5. The molecule has 1 unspecified atom stereocenters. The molecule has 1 N–H and O–H groups in total. The van der Waals surface area contributed by atoms with Gasteiger partial charge in [0.25, 0.3) is 0 Å². The molecule has 1 aliphatic heterocycles. The first-order chi connectivity index (χ1) is 9.45. The van der Waals surface area contributed by atoms with Gasteiger partial charge in [0.05, 0.1) is 4.90 Å². The molecule has 1 heterocycles. The van der Waals surface area contributed by atoms with E-state index in [1.54, 1.807) is 10.4 Å². The normalized spacial score (nSPS) is 20.7. The monoisotopic (exact) mass is 296 g/mol. The summed E-state index contributed by atoms with van der Waals surface area (Å²) >= 11 is 0. The Morgan fingerprint density at radius 2 is 2.15 bits per heavy atom. The lowest BCUT2D eigenvalue weighted by molar-refractivity contribution is 0.451. The maximum absolute atomic E-state index is 12.7. The molecule has 0 amide bonds. The lowest BCUT2D eigenvalue weighted by Gasteiger charge is -2.17. The molecule has 1 fully saturated rings. The van der Waals surface area contributed by atoms with Crippen LogP contribution in [-0.2, 0) is 10.0 Å². The molecule has 0 aromatic heterocycles. The van der Waals surface area contributed by atoms with E-state index < -0.39 is 10.0 Å². The molecule has 112 valence electrons. The Balaban J connectivity index is 2.21. The molecular formula is C15H24N2O2S. The van der Waals surface area contributed by atoms with Gasteiger partial charge >= 0.3 is 0 Å². The number of hydrogen-bond donors (Lipinski definition) is 1. The predicted molar refractivity (Wildman–Crippen MR) is 81.3 cm³/mol. The SMILES string of the molecule is CNCC1CCN(S(=O)(=O)c2cccc(C(C)C)c2)C1. The predicted octanol–water partition coefficient (Wildman–Crippen LogP) is 2.04. The number of sulfonamides is 1. The van der Waals surface area contributed by atoms with Crippen LogP contribution in [0.15, 0.2) is 29.2 Å². The summed E-state index contributed by atoms with van der Waals surface area (Å²) in [5.74, 6) is 0.754. The van der Waals surface area contributed by atoms with Crippen molar-refractivity contribution < 1.29 is 8.42 Å². The van der Waals surface area contributed by atoms with E-state index >= 15 is 0 Å². The second-order valence-corrected chi connectivity index (χ2v) is 7.74. The summed E-state index contributed by atoms with van der Waals surface area (Å²) in [6, 6.07) is 7.33. The van der Waals surface area contributed by atoms with Gasteiger partial charge in [-0.3, -0.25) is 0 Å². The Kier molecular flexibility index (Phi) is 4.83. The van der Waals surface area contributed by atoms with Crippen LogP contribution in [0.4, 0.5) is 0 Å². The van der Waals surface area contributed by atoms with Crippen molar-refractivity contribution in [1.82, 2.24) is 9.62 Å². The van der Waals surface area contributed by atoms with Crippen LogP contribution in [-0.4, -0.2) is 39.4 Å². The highest BCUT2D eigenvalue weighted by Gasteiger charge is 2.32. The molecule has 0 spiro atoms. The minimum Gasteiger partial charge on any atom is -0.319 e. The van der Waals surface area contributed by atoms with Crippen LogP contribution in [0, 0.1) is 5.92 Å². The van der Waals surface area contributed by atoms with E-state index in [1.165, 1.54) is 0 Å². The zero-order valence-electron chi connectivity index (χ0n) is 12.5. The molecule has 5 heteroatoms. The Morgan fingerprint density at radius 3 is 2.80 bits per heavy atom. The summed E-state index contributed by atoms with van der Waals surface area (Å²) in [5.41, 5.74) is 1.07. The maximum Gasteiger partial charge on any atom is 0.243 e. The van der Waals surface area contributed by atoms with Gasteiger partial charge in [-0.2, -0.15) is 4.31 Å². The number of nitrogens with one attached hydrogen (secondary N) is 1. The second kappa shape index (κ2) is 6.24. The fraction of sp³-hybridized carbons (Fsp3) is 0.600.